The summed E-state index contributed by atoms with van der Waals surface area (Å²) in [4.78, 5) is 16.0. The van der Waals surface area contributed by atoms with Gasteiger partial charge < -0.3 is 14.5 Å². The zero-order valence-corrected chi connectivity index (χ0v) is 18.2. The number of nitrogens with zero attached hydrogens (tertiary/aromatic N) is 1. The number of imidazole rings is 1. The van der Waals surface area contributed by atoms with Crippen molar-refractivity contribution in [3.8, 4) is 11.5 Å². The molecule has 0 radical (unpaired) electrons. The van der Waals surface area contributed by atoms with Gasteiger partial charge in [0.1, 0.15) is 9.84 Å². The molecule has 0 spiro atoms. The molecule has 2 aromatic carbocycles. The standard InChI is InChI=1S/C22H26N2O5S/c1-4-29-20-12-15(10-11-19(20)28-2)18(13-30(3,26)27)24-17-7-5-6-16(14-8-9-14)21(17)23-22(24)25/h5-7,10-12,14,18H,4,8-9,13H2,1-3H3,(H,23,25)/t18-/m1/s1. The third-order valence-corrected chi connectivity index (χ3v) is 6.37. The number of hydrogen-bond acceptors (Lipinski definition) is 5. The average molecular weight is 431 g/mol. The SMILES string of the molecule is CCOc1cc([C@@H](CS(C)(=O)=O)n2c(=O)[nH]c3c(C4CC4)cccc32)ccc1OC. The fraction of sp³-hybridized carbons (Fsp3) is 0.409. The molecule has 1 fully saturated rings. The Kier molecular flexibility index (Phi) is 5.36. The fourth-order valence-electron chi connectivity index (χ4n) is 3.99. The monoisotopic (exact) mass is 430 g/mol. The van der Waals surface area contributed by atoms with E-state index < -0.39 is 15.9 Å². The number of ether oxygens (including phenoxy) is 2. The molecule has 1 N–H and O–H groups in total. The van der Waals surface area contributed by atoms with Crippen LogP contribution in [0.25, 0.3) is 11.0 Å². The Labute approximate surface area is 175 Å². The van der Waals surface area contributed by atoms with Gasteiger partial charge in [-0.15, -0.1) is 0 Å². The van der Waals surface area contributed by atoms with E-state index in [1.54, 1.807) is 29.9 Å². The van der Waals surface area contributed by atoms with Crippen LogP contribution in [0, 0.1) is 0 Å². The number of aromatic amines is 1. The summed E-state index contributed by atoms with van der Waals surface area (Å²) in [5.74, 6) is 1.33. The normalized spacial score (nSPS) is 15.3. The van der Waals surface area contributed by atoms with Crippen LogP contribution < -0.4 is 15.2 Å². The number of fused-ring (bicyclic) bond motifs is 1. The van der Waals surface area contributed by atoms with Crippen LogP contribution in [0.4, 0.5) is 0 Å². The molecule has 0 saturated heterocycles. The van der Waals surface area contributed by atoms with Gasteiger partial charge in [-0.3, -0.25) is 4.57 Å². The predicted octanol–water partition coefficient (Wildman–Crippen LogP) is 3.25. The second kappa shape index (κ2) is 7.83. The van der Waals surface area contributed by atoms with Crippen molar-refractivity contribution in [3.63, 3.8) is 0 Å². The zero-order valence-electron chi connectivity index (χ0n) is 17.3. The molecule has 1 saturated carbocycles. The topological polar surface area (TPSA) is 90.4 Å². The molecule has 0 bridgehead atoms. The van der Waals surface area contributed by atoms with Crippen molar-refractivity contribution < 1.29 is 17.9 Å². The summed E-state index contributed by atoms with van der Waals surface area (Å²) in [6.07, 6.45) is 3.40. The average Bonchev–Trinajstić information content (AvgIpc) is 3.47. The molecule has 0 amide bonds. The number of para-hydroxylation sites is 1. The van der Waals surface area contributed by atoms with Crippen molar-refractivity contribution >= 4 is 20.9 Å². The summed E-state index contributed by atoms with van der Waals surface area (Å²) < 4.78 is 37.2. The van der Waals surface area contributed by atoms with Gasteiger partial charge >= 0.3 is 5.69 Å². The molecule has 0 aliphatic heterocycles. The first-order chi connectivity index (χ1) is 14.3. The highest BCUT2D eigenvalue weighted by molar-refractivity contribution is 7.90. The van der Waals surface area contributed by atoms with Crippen LogP contribution in [-0.2, 0) is 9.84 Å². The Bertz CT molecular complexity index is 1240. The lowest BCUT2D eigenvalue weighted by Gasteiger charge is -2.20. The smallest absolute Gasteiger partial charge is 0.327 e. The summed E-state index contributed by atoms with van der Waals surface area (Å²) in [5, 5.41) is 0. The second-order valence-corrected chi connectivity index (χ2v) is 9.95. The van der Waals surface area contributed by atoms with Gasteiger partial charge in [0.15, 0.2) is 11.5 Å². The van der Waals surface area contributed by atoms with E-state index in [1.807, 2.05) is 25.1 Å². The molecule has 0 unspecified atom stereocenters. The molecule has 1 atom stereocenters. The van der Waals surface area contributed by atoms with Crippen LogP contribution in [-0.4, -0.2) is 43.7 Å². The number of nitrogens with one attached hydrogen (secondary N) is 1. The number of H-pyrrole nitrogens is 1. The van der Waals surface area contributed by atoms with Crippen molar-refractivity contribution in [3.05, 3.63) is 58.0 Å². The first-order valence-corrected chi connectivity index (χ1v) is 12.1. The van der Waals surface area contributed by atoms with Crippen LogP contribution in [0.15, 0.2) is 41.2 Å². The molecule has 7 nitrogen and oxygen atoms in total. The molecule has 4 rings (SSSR count). The van der Waals surface area contributed by atoms with Crippen molar-refractivity contribution in [1.29, 1.82) is 0 Å². The van der Waals surface area contributed by atoms with Gasteiger partial charge in [-0.2, -0.15) is 0 Å². The summed E-state index contributed by atoms with van der Waals surface area (Å²) in [6, 6.07) is 10.4. The lowest BCUT2D eigenvalue weighted by molar-refractivity contribution is 0.310. The van der Waals surface area contributed by atoms with Crippen LogP contribution in [0.5, 0.6) is 11.5 Å². The highest BCUT2D eigenvalue weighted by Gasteiger charge is 2.29. The summed E-state index contributed by atoms with van der Waals surface area (Å²) in [5.41, 5.74) is 2.98. The van der Waals surface area contributed by atoms with Crippen LogP contribution in [0.1, 0.15) is 42.9 Å². The van der Waals surface area contributed by atoms with E-state index >= 15 is 0 Å². The summed E-state index contributed by atoms with van der Waals surface area (Å²) in [6.45, 7) is 2.30. The van der Waals surface area contributed by atoms with Gasteiger partial charge in [0.05, 0.1) is 36.5 Å². The Morgan fingerprint density at radius 2 is 1.97 bits per heavy atom. The van der Waals surface area contributed by atoms with Crippen molar-refractivity contribution in [2.45, 2.75) is 31.7 Å². The van der Waals surface area contributed by atoms with Crippen molar-refractivity contribution in [2.24, 2.45) is 0 Å². The molecule has 1 aromatic heterocycles. The van der Waals surface area contributed by atoms with E-state index in [0.717, 1.165) is 23.9 Å². The van der Waals surface area contributed by atoms with Crippen molar-refractivity contribution in [2.75, 3.05) is 25.7 Å². The number of benzene rings is 2. The number of rotatable bonds is 8. The Morgan fingerprint density at radius 1 is 1.20 bits per heavy atom. The Morgan fingerprint density at radius 3 is 2.60 bits per heavy atom. The van der Waals surface area contributed by atoms with Crippen LogP contribution >= 0.6 is 0 Å². The maximum atomic E-state index is 13.0. The van der Waals surface area contributed by atoms with E-state index in [0.29, 0.717) is 35.1 Å². The predicted molar refractivity (Wildman–Crippen MR) is 117 cm³/mol. The minimum Gasteiger partial charge on any atom is -0.493 e. The van der Waals surface area contributed by atoms with Gasteiger partial charge in [-0.25, -0.2) is 13.2 Å². The van der Waals surface area contributed by atoms with Gasteiger partial charge in [0.25, 0.3) is 0 Å². The van der Waals surface area contributed by atoms with Gasteiger partial charge in [-0.1, -0.05) is 18.2 Å². The van der Waals surface area contributed by atoms with E-state index in [1.165, 1.54) is 6.26 Å². The quantitative estimate of drug-likeness (QED) is 0.592. The van der Waals surface area contributed by atoms with E-state index in [4.69, 9.17) is 9.47 Å². The molecule has 3 aromatic rings. The second-order valence-electron chi connectivity index (χ2n) is 7.77. The number of aromatic nitrogens is 2. The fourth-order valence-corrected chi connectivity index (χ4v) is 4.91. The van der Waals surface area contributed by atoms with E-state index in [9.17, 15) is 13.2 Å². The molecular formula is C22H26N2O5S. The van der Waals surface area contributed by atoms with Crippen LogP contribution in [0.2, 0.25) is 0 Å². The molecule has 8 heteroatoms. The third kappa shape index (κ3) is 3.96. The molecule has 1 aliphatic rings. The largest absolute Gasteiger partial charge is 0.493 e. The number of hydrogen-bond donors (Lipinski definition) is 1. The first-order valence-electron chi connectivity index (χ1n) is 10.0. The highest BCUT2D eigenvalue weighted by Crippen LogP contribution is 2.43. The lowest BCUT2D eigenvalue weighted by Crippen LogP contribution is -2.28. The van der Waals surface area contributed by atoms with E-state index in [-0.39, 0.29) is 11.4 Å². The first kappa shape index (κ1) is 20.5. The molecule has 1 heterocycles. The van der Waals surface area contributed by atoms with Crippen molar-refractivity contribution in [1.82, 2.24) is 9.55 Å². The Balaban J connectivity index is 1.91. The molecular weight excluding hydrogens is 404 g/mol. The Hall–Kier alpha value is -2.74. The highest BCUT2D eigenvalue weighted by atomic mass is 32.2. The lowest BCUT2D eigenvalue weighted by atomic mass is 10.1. The number of methoxy groups -OCH3 is 1. The third-order valence-electron chi connectivity index (χ3n) is 5.45. The van der Waals surface area contributed by atoms with Gasteiger partial charge in [-0.05, 0) is 55.0 Å². The maximum Gasteiger partial charge on any atom is 0.327 e. The summed E-state index contributed by atoms with van der Waals surface area (Å²) in [7, 11) is -1.83. The van der Waals surface area contributed by atoms with Crippen LogP contribution in [0.3, 0.4) is 0 Å². The maximum absolute atomic E-state index is 13.0. The molecule has 1 aliphatic carbocycles. The van der Waals surface area contributed by atoms with Gasteiger partial charge in [0, 0.05) is 6.26 Å². The zero-order chi connectivity index (χ0) is 21.5. The minimum absolute atomic E-state index is 0.203. The molecule has 160 valence electrons. The number of sulfone groups is 1. The minimum atomic E-state index is -3.38. The molecule has 30 heavy (non-hydrogen) atoms. The van der Waals surface area contributed by atoms with Gasteiger partial charge in [0.2, 0.25) is 0 Å². The summed E-state index contributed by atoms with van der Waals surface area (Å²) >= 11 is 0. The van der Waals surface area contributed by atoms with E-state index in [2.05, 4.69) is 4.98 Å².